The number of aromatic nitrogens is 2. The van der Waals surface area contributed by atoms with Crippen LogP contribution in [0.25, 0.3) is 0 Å². The average Bonchev–Trinajstić information content (AvgIpc) is 2.50. The van der Waals surface area contributed by atoms with Gasteiger partial charge >= 0.3 is 0 Å². The van der Waals surface area contributed by atoms with Crippen molar-refractivity contribution in [2.24, 2.45) is 0 Å². The number of aliphatic hydroxyl groups is 1. The van der Waals surface area contributed by atoms with E-state index in [2.05, 4.69) is 14.1 Å². The van der Waals surface area contributed by atoms with Gasteiger partial charge in [-0.2, -0.15) is 8.75 Å². The van der Waals surface area contributed by atoms with Crippen LogP contribution in [0.4, 0.5) is 5.82 Å². The third-order valence-electron chi connectivity index (χ3n) is 2.75. The van der Waals surface area contributed by atoms with Crippen molar-refractivity contribution >= 4 is 29.1 Å². The number of nitrogens with zero attached hydrogens (tertiary/aromatic N) is 2. The van der Waals surface area contributed by atoms with Crippen LogP contribution in [0.2, 0.25) is 5.15 Å². The summed E-state index contributed by atoms with van der Waals surface area (Å²) >= 11 is 6.93. The normalized spacial score (nSPS) is 27.3. The Morgan fingerprint density at radius 3 is 2.80 bits per heavy atom. The van der Waals surface area contributed by atoms with Crippen LogP contribution in [-0.2, 0) is 0 Å². The minimum atomic E-state index is -0.301. The monoisotopic (exact) mass is 247 g/mol. The molecule has 1 aromatic heterocycles. The van der Waals surface area contributed by atoms with Crippen molar-refractivity contribution in [1.82, 2.24) is 8.75 Å². The molecule has 0 radical (unpaired) electrons. The van der Waals surface area contributed by atoms with E-state index in [9.17, 15) is 5.11 Å². The molecule has 0 spiro atoms. The van der Waals surface area contributed by atoms with Gasteiger partial charge in [-0.3, -0.25) is 0 Å². The summed E-state index contributed by atoms with van der Waals surface area (Å²) in [6.07, 6.45) is 4.96. The lowest BCUT2D eigenvalue weighted by Gasteiger charge is -2.21. The predicted octanol–water partition coefficient (Wildman–Crippen LogP) is 2.30. The summed E-state index contributed by atoms with van der Waals surface area (Å²) in [4.78, 5) is 0. The lowest BCUT2D eigenvalue weighted by atomic mass is 10.1. The first-order valence-electron chi connectivity index (χ1n) is 5.20. The van der Waals surface area contributed by atoms with E-state index < -0.39 is 0 Å². The number of hydrogen-bond donors (Lipinski definition) is 2. The van der Waals surface area contributed by atoms with Gasteiger partial charge in [0.05, 0.1) is 23.9 Å². The number of anilines is 1. The molecule has 1 aromatic rings. The Kier molecular flexibility index (Phi) is 3.77. The molecule has 0 bridgehead atoms. The smallest absolute Gasteiger partial charge is 0.186 e. The van der Waals surface area contributed by atoms with Gasteiger partial charge in [0.15, 0.2) is 11.0 Å². The molecular weight excluding hydrogens is 234 g/mol. The molecule has 84 valence electrons. The van der Waals surface area contributed by atoms with E-state index in [1.807, 2.05) is 0 Å². The van der Waals surface area contributed by atoms with E-state index in [-0.39, 0.29) is 12.1 Å². The number of hydrogen-bond acceptors (Lipinski definition) is 5. The standard InChI is InChI=1S/C9H14ClN3OS/c10-8-9(13-15-12-8)11-6-4-2-1-3-5-7(6)14/h6-7,14H,1-5H2,(H,11,13). The van der Waals surface area contributed by atoms with E-state index in [0.29, 0.717) is 11.0 Å². The lowest BCUT2D eigenvalue weighted by molar-refractivity contribution is 0.144. The second-order valence-corrected chi connectivity index (χ2v) is 4.75. The van der Waals surface area contributed by atoms with E-state index in [4.69, 9.17) is 11.6 Å². The predicted molar refractivity (Wildman–Crippen MR) is 61.4 cm³/mol. The summed E-state index contributed by atoms with van der Waals surface area (Å²) in [5.74, 6) is 0.604. The second-order valence-electron chi connectivity index (χ2n) is 3.86. The van der Waals surface area contributed by atoms with Gasteiger partial charge in [-0.15, -0.1) is 0 Å². The topological polar surface area (TPSA) is 58.0 Å². The van der Waals surface area contributed by atoms with Gasteiger partial charge in [0.1, 0.15) is 0 Å². The van der Waals surface area contributed by atoms with Crippen molar-refractivity contribution in [3.8, 4) is 0 Å². The van der Waals surface area contributed by atoms with Crippen LogP contribution in [-0.4, -0.2) is 26.0 Å². The SMILES string of the molecule is OC1CCCCCC1Nc1nsnc1Cl. The highest BCUT2D eigenvalue weighted by atomic mass is 35.5. The van der Waals surface area contributed by atoms with Gasteiger partial charge < -0.3 is 10.4 Å². The molecule has 2 rings (SSSR count). The molecule has 2 unspecified atom stereocenters. The van der Waals surface area contributed by atoms with Crippen molar-refractivity contribution in [2.45, 2.75) is 44.2 Å². The van der Waals surface area contributed by atoms with E-state index in [1.54, 1.807) is 0 Å². The molecule has 2 atom stereocenters. The Bertz CT molecular complexity index is 320. The van der Waals surface area contributed by atoms with E-state index in [0.717, 1.165) is 37.4 Å². The van der Waals surface area contributed by atoms with Crippen LogP contribution < -0.4 is 5.32 Å². The highest BCUT2D eigenvalue weighted by Gasteiger charge is 2.22. The quantitative estimate of drug-likeness (QED) is 0.788. The molecule has 1 saturated carbocycles. The Hall–Kier alpha value is -0.390. The molecule has 0 aromatic carbocycles. The molecule has 2 N–H and O–H groups in total. The van der Waals surface area contributed by atoms with Gasteiger partial charge in [-0.25, -0.2) is 0 Å². The maximum absolute atomic E-state index is 9.89. The highest BCUT2D eigenvalue weighted by molar-refractivity contribution is 6.99. The Balaban J connectivity index is 2.00. The zero-order chi connectivity index (χ0) is 10.7. The summed E-state index contributed by atoms with van der Waals surface area (Å²) in [5.41, 5.74) is 0. The van der Waals surface area contributed by atoms with Gasteiger partial charge in [-0.1, -0.05) is 30.9 Å². The van der Waals surface area contributed by atoms with Crippen molar-refractivity contribution in [1.29, 1.82) is 0 Å². The fourth-order valence-corrected chi connectivity index (χ4v) is 2.56. The van der Waals surface area contributed by atoms with Crippen molar-refractivity contribution in [2.75, 3.05) is 5.32 Å². The molecule has 0 amide bonds. The summed E-state index contributed by atoms with van der Waals surface area (Å²) in [5, 5.41) is 13.5. The van der Waals surface area contributed by atoms with Gasteiger partial charge in [0, 0.05) is 0 Å². The largest absolute Gasteiger partial charge is 0.391 e. The molecule has 0 saturated heterocycles. The lowest BCUT2D eigenvalue weighted by Crippen LogP contribution is -2.32. The van der Waals surface area contributed by atoms with Gasteiger partial charge in [-0.05, 0) is 12.8 Å². The molecule has 1 aliphatic rings. The van der Waals surface area contributed by atoms with Gasteiger partial charge in [0.2, 0.25) is 0 Å². The summed E-state index contributed by atoms with van der Waals surface area (Å²) in [6.45, 7) is 0. The zero-order valence-electron chi connectivity index (χ0n) is 8.32. The molecule has 4 nitrogen and oxygen atoms in total. The molecule has 1 fully saturated rings. The first kappa shape index (κ1) is 11.1. The summed E-state index contributed by atoms with van der Waals surface area (Å²) in [6, 6.07) is 0.0638. The van der Waals surface area contributed by atoms with Crippen LogP contribution in [0.1, 0.15) is 32.1 Å². The average molecular weight is 248 g/mol. The van der Waals surface area contributed by atoms with Gasteiger partial charge in [0.25, 0.3) is 0 Å². The van der Waals surface area contributed by atoms with Crippen molar-refractivity contribution < 1.29 is 5.11 Å². The van der Waals surface area contributed by atoms with Crippen LogP contribution in [0.5, 0.6) is 0 Å². The molecule has 1 heterocycles. The maximum atomic E-state index is 9.89. The third kappa shape index (κ3) is 2.80. The summed E-state index contributed by atoms with van der Waals surface area (Å²) in [7, 11) is 0. The second kappa shape index (κ2) is 5.09. The first-order chi connectivity index (χ1) is 7.27. The van der Waals surface area contributed by atoms with Crippen molar-refractivity contribution in [3.63, 3.8) is 0 Å². The van der Waals surface area contributed by atoms with Crippen LogP contribution in [0.15, 0.2) is 0 Å². The van der Waals surface area contributed by atoms with Crippen LogP contribution >= 0.6 is 23.3 Å². The highest BCUT2D eigenvalue weighted by Crippen LogP contribution is 2.24. The first-order valence-corrected chi connectivity index (χ1v) is 6.31. The maximum Gasteiger partial charge on any atom is 0.186 e. The minimum Gasteiger partial charge on any atom is -0.391 e. The molecule has 1 aliphatic carbocycles. The molecular formula is C9H14ClN3OS. The number of halogens is 1. The summed E-state index contributed by atoms with van der Waals surface area (Å²) < 4.78 is 7.93. The molecule has 15 heavy (non-hydrogen) atoms. The zero-order valence-corrected chi connectivity index (χ0v) is 9.89. The van der Waals surface area contributed by atoms with E-state index in [1.165, 1.54) is 6.42 Å². The Morgan fingerprint density at radius 1 is 1.27 bits per heavy atom. The van der Waals surface area contributed by atoms with Crippen LogP contribution in [0.3, 0.4) is 0 Å². The minimum absolute atomic E-state index is 0.0638. The fraction of sp³-hybridized carbons (Fsp3) is 0.778. The number of aliphatic hydroxyl groups excluding tert-OH is 1. The fourth-order valence-electron chi connectivity index (χ4n) is 1.90. The third-order valence-corrected chi connectivity index (χ3v) is 3.64. The number of rotatable bonds is 2. The Labute approximate surface area is 98.0 Å². The van der Waals surface area contributed by atoms with Crippen molar-refractivity contribution in [3.05, 3.63) is 5.15 Å². The Morgan fingerprint density at radius 2 is 2.07 bits per heavy atom. The number of nitrogens with one attached hydrogen (secondary N) is 1. The molecule has 6 heteroatoms. The van der Waals surface area contributed by atoms with Crippen LogP contribution in [0, 0.1) is 0 Å². The van der Waals surface area contributed by atoms with E-state index >= 15 is 0 Å². The molecule has 0 aliphatic heterocycles.